The van der Waals surface area contributed by atoms with Crippen LogP contribution in [0.5, 0.6) is 0 Å². The first-order valence-electron chi connectivity index (χ1n) is 7.97. The van der Waals surface area contributed by atoms with E-state index in [1.54, 1.807) is 30.1 Å². The summed E-state index contributed by atoms with van der Waals surface area (Å²) in [6.45, 7) is 2.31. The zero-order chi connectivity index (χ0) is 17.0. The minimum atomic E-state index is -2.92. The van der Waals surface area contributed by atoms with Crippen LogP contribution in [-0.4, -0.2) is 44.3 Å². The van der Waals surface area contributed by atoms with Gasteiger partial charge < -0.3 is 4.90 Å². The summed E-state index contributed by atoms with van der Waals surface area (Å²) in [6, 6.07) is 6.60. The average Bonchev–Trinajstić information content (AvgIpc) is 2.84. The predicted octanol–water partition coefficient (Wildman–Crippen LogP) is 2.29. The van der Waals surface area contributed by atoms with Gasteiger partial charge in [-0.3, -0.25) is 4.79 Å². The van der Waals surface area contributed by atoms with Crippen molar-refractivity contribution in [1.29, 1.82) is 0 Å². The Bertz CT molecular complexity index is 660. The molecule has 1 amide bonds. The third-order valence-corrected chi connectivity index (χ3v) is 6.30. The van der Waals surface area contributed by atoms with Gasteiger partial charge in [0, 0.05) is 19.5 Å². The van der Waals surface area contributed by atoms with E-state index in [4.69, 9.17) is 0 Å². The molecule has 2 unspecified atom stereocenters. The Morgan fingerprint density at radius 1 is 1.39 bits per heavy atom. The number of hydrogen-bond donors (Lipinski definition) is 0. The minimum Gasteiger partial charge on any atom is -0.345 e. The summed E-state index contributed by atoms with van der Waals surface area (Å²) in [6.07, 6.45) is 1.72. The van der Waals surface area contributed by atoms with E-state index >= 15 is 0 Å². The van der Waals surface area contributed by atoms with Crippen LogP contribution >= 0.6 is 0 Å². The molecule has 0 aromatic heterocycles. The van der Waals surface area contributed by atoms with Gasteiger partial charge in [-0.2, -0.15) is 0 Å². The van der Waals surface area contributed by atoms with Crippen molar-refractivity contribution in [2.45, 2.75) is 26.2 Å². The van der Waals surface area contributed by atoms with Gasteiger partial charge in [-0.25, -0.2) is 12.8 Å². The molecule has 1 aromatic rings. The van der Waals surface area contributed by atoms with E-state index in [0.29, 0.717) is 31.4 Å². The highest BCUT2D eigenvalue weighted by molar-refractivity contribution is 7.91. The lowest BCUT2D eigenvalue weighted by Crippen LogP contribution is -2.36. The van der Waals surface area contributed by atoms with E-state index in [1.807, 2.05) is 6.92 Å². The first kappa shape index (κ1) is 17.9. The van der Waals surface area contributed by atoms with Crippen LogP contribution in [0.4, 0.5) is 4.39 Å². The van der Waals surface area contributed by atoms with Gasteiger partial charge in [0.1, 0.15) is 5.82 Å². The Balaban J connectivity index is 1.83. The fraction of sp³-hybridized carbons (Fsp3) is 0.588. The molecule has 0 radical (unpaired) electrons. The SMILES string of the molecule is CC(CCc1ccccc1F)C(=O)N(C)CC1CCS(=O)(=O)C1. The van der Waals surface area contributed by atoms with Crippen molar-refractivity contribution in [2.24, 2.45) is 11.8 Å². The van der Waals surface area contributed by atoms with Gasteiger partial charge in [0.05, 0.1) is 11.5 Å². The second kappa shape index (κ2) is 7.43. The summed E-state index contributed by atoms with van der Waals surface area (Å²) in [5, 5.41) is 0. The quantitative estimate of drug-likeness (QED) is 0.798. The van der Waals surface area contributed by atoms with Gasteiger partial charge in [0.15, 0.2) is 9.84 Å². The molecule has 1 heterocycles. The van der Waals surface area contributed by atoms with Gasteiger partial charge in [0.25, 0.3) is 0 Å². The molecule has 0 bridgehead atoms. The molecule has 1 aliphatic heterocycles. The third-order valence-electron chi connectivity index (χ3n) is 4.46. The summed E-state index contributed by atoms with van der Waals surface area (Å²) >= 11 is 0. The second-order valence-electron chi connectivity index (χ2n) is 6.52. The van der Waals surface area contributed by atoms with E-state index in [2.05, 4.69) is 0 Å². The van der Waals surface area contributed by atoms with Crippen LogP contribution < -0.4 is 0 Å². The minimum absolute atomic E-state index is 0.00867. The molecular weight excluding hydrogens is 317 g/mol. The average molecular weight is 341 g/mol. The number of rotatable bonds is 6. The van der Waals surface area contributed by atoms with Crippen LogP contribution in [0.3, 0.4) is 0 Å². The molecule has 1 aliphatic rings. The van der Waals surface area contributed by atoms with Gasteiger partial charge in [-0.05, 0) is 36.8 Å². The summed E-state index contributed by atoms with van der Waals surface area (Å²) in [5.74, 6) is -0.0239. The number of carbonyl (C=O) groups is 1. The van der Waals surface area contributed by atoms with Crippen molar-refractivity contribution in [3.05, 3.63) is 35.6 Å². The zero-order valence-corrected chi connectivity index (χ0v) is 14.5. The summed E-state index contributed by atoms with van der Waals surface area (Å²) in [7, 11) is -1.20. The lowest BCUT2D eigenvalue weighted by molar-refractivity contribution is -0.134. The highest BCUT2D eigenvalue weighted by Crippen LogP contribution is 2.20. The molecule has 2 rings (SSSR count). The van der Waals surface area contributed by atoms with E-state index in [0.717, 1.165) is 0 Å². The molecule has 0 saturated carbocycles. The third kappa shape index (κ3) is 5.03. The molecule has 1 saturated heterocycles. The fourth-order valence-electron chi connectivity index (χ4n) is 3.07. The maximum Gasteiger partial charge on any atom is 0.225 e. The number of halogens is 1. The maximum absolute atomic E-state index is 13.6. The Morgan fingerprint density at radius 3 is 2.70 bits per heavy atom. The number of aryl methyl sites for hydroxylation is 1. The highest BCUT2D eigenvalue weighted by Gasteiger charge is 2.30. The Morgan fingerprint density at radius 2 is 2.09 bits per heavy atom. The highest BCUT2D eigenvalue weighted by atomic mass is 32.2. The van der Waals surface area contributed by atoms with Crippen molar-refractivity contribution < 1.29 is 17.6 Å². The molecule has 1 aromatic carbocycles. The molecule has 2 atom stereocenters. The smallest absolute Gasteiger partial charge is 0.225 e. The van der Waals surface area contributed by atoms with Crippen LogP contribution in [0.25, 0.3) is 0 Å². The monoisotopic (exact) mass is 341 g/mol. The van der Waals surface area contributed by atoms with Crippen LogP contribution in [0.1, 0.15) is 25.3 Å². The van der Waals surface area contributed by atoms with Gasteiger partial charge in [-0.1, -0.05) is 25.1 Å². The van der Waals surface area contributed by atoms with Crippen molar-refractivity contribution in [2.75, 3.05) is 25.1 Å². The molecule has 1 fully saturated rings. The van der Waals surface area contributed by atoms with Gasteiger partial charge >= 0.3 is 0 Å². The second-order valence-corrected chi connectivity index (χ2v) is 8.75. The summed E-state index contributed by atoms with van der Waals surface area (Å²) < 4.78 is 36.5. The number of hydrogen-bond acceptors (Lipinski definition) is 3. The molecule has 4 nitrogen and oxygen atoms in total. The standard InChI is InChI=1S/C17H24FNO3S/c1-13(7-8-15-5-3-4-6-16(15)18)17(20)19(2)11-14-9-10-23(21,22)12-14/h3-6,13-14H,7-12H2,1-2H3. The van der Waals surface area contributed by atoms with Crippen molar-refractivity contribution in [3.8, 4) is 0 Å². The topological polar surface area (TPSA) is 54.5 Å². The number of carbonyl (C=O) groups excluding carboxylic acids is 1. The van der Waals surface area contributed by atoms with Crippen molar-refractivity contribution in [3.63, 3.8) is 0 Å². The number of nitrogens with zero attached hydrogens (tertiary/aromatic N) is 1. The van der Waals surface area contributed by atoms with Crippen LogP contribution in [0.2, 0.25) is 0 Å². The normalized spacial score (nSPS) is 21.1. The summed E-state index contributed by atoms with van der Waals surface area (Å²) in [5.41, 5.74) is 0.622. The summed E-state index contributed by atoms with van der Waals surface area (Å²) in [4.78, 5) is 14.0. The lowest BCUT2D eigenvalue weighted by Gasteiger charge is -2.24. The largest absolute Gasteiger partial charge is 0.345 e. The molecule has 0 spiro atoms. The maximum atomic E-state index is 13.6. The number of amides is 1. The van der Waals surface area contributed by atoms with Gasteiger partial charge in [-0.15, -0.1) is 0 Å². The zero-order valence-electron chi connectivity index (χ0n) is 13.7. The first-order chi connectivity index (χ1) is 10.8. The molecular formula is C17H24FNO3S. The molecule has 23 heavy (non-hydrogen) atoms. The number of sulfone groups is 1. The predicted molar refractivity (Wildman–Crippen MR) is 88.3 cm³/mol. The molecule has 0 aliphatic carbocycles. The first-order valence-corrected chi connectivity index (χ1v) is 9.79. The Kier molecular flexibility index (Phi) is 5.79. The van der Waals surface area contributed by atoms with Crippen LogP contribution in [-0.2, 0) is 21.1 Å². The lowest BCUT2D eigenvalue weighted by atomic mass is 9.99. The fourth-order valence-corrected chi connectivity index (χ4v) is 4.92. The molecule has 128 valence electrons. The Labute approximate surface area is 137 Å². The molecule has 6 heteroatoms. The van der Waals surface area contributed by atoms with Crippen molar-refractivity contribution in [1.82, 2.24) is 4.90 Å². The van der Waals surface area contributed by atoms with E-state index in [9.17, 15) is 17.6 Å². The Hall–Kier alpha value is -1.43. The van der Waals surface area contributed by atoms with E-state index in [1.165, 1.54) is 6.07 Å². The van der Waals surface area contributed by atoms with Crippen LogP contribution in [0.15, 0.2) is 24.3 Å². The van der Waals surface area contributed by atoms with E-state index < -0.39 is 9.84 Å². The number of benzene rings is 1. The van der Waals surface area contributed by atoms with E-state index in [-0.39, 0.29) is 35.1 Å². The van der Waals surface area contributed by atoms with Crippen LogP contribution in [0, 0.1) is 17.7 Å². The van der Waals surface area contributed by atoms with Gasteiger partial charge in [0.2, 0.25) is 5.91 Å². The molecule has 0 N–H and O–H groups in total. The van der Waals surface area contributed by atoms with Crippen molar-refractivity contribution >= 4 is 15.7 Å².